The van der Waals surface area contributed by atoms with Crippen LogP contribution in [0.5, 0.6) is 5.75 Å². The molecule has 0 saturated carbocycles. The summed E-state index contributed by atoms with van der Waals surface area (Å²) in [5.41, 5.74) is 1.78. The van der Waals surface area contributed by atoms with E-state index in [0.717, 1.165) is 17.2 Å². The van der Waals surface area contributed by atoms with Crippen LogP contribution in [0.2, 0.25) is 0 Å². The number of hydrogen-bond acceptors (Lipinski definition) is 5. The number of ether oxygens (including phenoxy) is 1. The number of methoxy groups -OCH3 is 1. The molecule has 0 aliphatic rings. The van der Waals surface area contributed by atoms with Crippen LogP contribution in [-0.4, -0.2) is 23.9 Å². The Hall–Kier alpha value is -4.74. The van der Waals surface area contributed by atoms with Gasteiger partial charge in [0.2, 0.25) is 0 Å². The zero-order chi connectivity index (χ0) is 31.3. The SMILES string of the molecule is COc1ccc(S(=O)(=O)Nc2cccc(F)c2Cc2ccccc2)cc1S(=O)(=O)Nc1cccc(F)c1Cc1ccccc1. The lowest BCUT2D eigenvalue weighted by Gasteiger charge is -2.17. The van der Waals surface area contributed by atoms with E-state index in [2.05, 4.69) is 9.44 Å². The van der Waals surface area contributed by atoms with Crippen molar-refractivity contribution >= 4 is 31.4 Å². The minimum Gasteiger partial charge on any atom is -0.495 e. The molecule has 226 valence electrons. The molecule has 0 aliphatic carbocycles. The summed E-state index contributed by atoms with van der Waals surface area (Å²) in [6.45, 7) is 0. The number of benzene rings is 5. The number of hydrogen-bond donors (Lipinski definition) is 2. The maximum Gasteiger partial charge on any atom is 0.265 e. The Balaban J connectivity index is 1.48. The van der Waals surface area contributed by atoms with E-state index in [1.54, 1.807) is 48.5 Å². The van der Waals surface area contributed by atoms with Gasteiger partial charge < -0.3 is 4.74 Å². The van der Waals surface area contributed by atoms with Crippen molar-refractivity contribution in [2.24, 2.45) is 0 Å². The van der Waals surface area contributed by atoms with Crippen molar-refractivity contribution in [1.82, 2.24) is 0 Å². The third-order valence-corrected chi connectivity index (χ3v) is 9.66. The van der Waals surface area contributed by atoms with Crippen molar-refractivity contribution in [2.75, 3.05) is 16.6 Å². The molecule has 0 fully saturated rings. The van der Waals surface area contributed by atoms with Crippen LogP contribution in [0.3, 0.4) is 0 Å². The van der Waals surface area contributed by atoms with E-state index < -0.39 is 41.5 Å². The first-order valence-electron chi connectivity index (χ1n) is 13.4. The van der Waals surface area contributed by atoms with Crippen molar-refractivity contribution in [2.45, 2.75) is 22.6 Å². The van der Waals surface area contributed by atoms with Gasteiger partial charge in [0.1, 0.15) is 22.3 Å². The molecule has 0 amide bonds. The molecule has 0 aliphatic heterocycles. The molecule has 0 heterocycles. The summed E-state index contributed by atoms with van der Waals surface area (Å²) in [6.07, 6.45) is 0.232. The second kappa shape index (κ2) is 12.9. The second-order valence-corrected chi connectivity index (χ2v) is 13.2. The Morgan fingerprint density at radius 3 is 1.55 bits per heavy atom. The molecule has 0 saturated heterocycles. The quantitative estimate of drug-likeness (QED) is 0.167. The van der Waals surface area contributed by atoms with Crippen LogP contribution < -0.4 is 14.2 Å². The Bertz CT molecular complexity index is 2010. The third kappa shape index (κ3) is 6.90. The lowest BCUT2D eigenvalue weighted by molar-refractivity contribution is 0.402. The van der Waals surface area contributed by atoms with Gasteiger partial charge in [-0.2, -0.15) is 0 Å². The smallest absolute Gasteiger partial charge is 0.265 e. The molecule has 0 bridgehead atoms. The lowest BCUT2D eigenvalue weighted by atomic mass is 10.0. The topological polar surface area (TPSA) is 102 Å². The molecule has 0 radical (unpaired) electrons. The van der Waals surface area contributed by atoms with Crippen LogP contribution in [-0.2, 0) is 32.9 Å². The minimum absolute atomic E-state index is 0.00685. The third-order valence-electron chi connectivity index (χ3n) is 6.91. The zero-order valence-corrected chi connectivity index (χ0v) is 25.1. The standard InChI is InChI=1S/C33H28F2N2O5S2/c1-42-32-19-18-25(43(38,39)36-30-16-8-14-28(34)26(30)20-23-10-4-2-5-11-23)22-33(32)44(40,41)37-31-17-9-15-29(35)27(31)21-24-12-6-3-7-13-24/h2-19,22,36-37H,20-21H2,1H3. The van der Waals surface area contributed by atoms with E-state index in [1.165, 1.54) is 55.6 Å². The summed E-state index contributed by atoms with van der Waals surface area (Å²) in [4.78, 5) is -0.890. The molecule has 2 N–H and O–H groups in total. The van der Waals surface area contributed by atoms with Gasteiger partial charge in [-0.3, -0.25) is 9.44 Å². The first kappa shape index (κ1) is 30.7. The number of sulfonamides is 2. The van der Waals surface area contributed by atoms with Crippen molar-refractivity contribution in [1.29, 1.82) is 0 Å². The number of nitrogens with one attached hydrogen (secondary N) is 2. The fourth-order valence-electron chi connectivity index (χ4n) is 4.71. The maximum atomic E-state index is 14.9. The summed E-state index contributed by atoms with van der Waals surface area (Å²) < 4.78 is 94.2. The van der Waals surface area contributed by atoms with Crippen LogP contribution in [0.4, 0.5) is 20.2 Å². The Kier molecular flexibility index (Phi) is 8.98. The molecular formula is C33H28F2N2O5S2. The summed E-state index contributed by atoms with van der Waals surface area (Å²) >= 11 is 0. The molecule has 11 heteroatoms. The van der Waals surface area contributed by atoms with Crippen molar-refractivity contribution < 1.29 is 30.4 Å². The van der Waals surface area contributed by atoms with Gasteiger partial charge in [-0.25, -0.2) is 25.6 Å². The fraction of sp³-hybridized carbons (Fsp3) is 0.0909. The van der Waals surface area contributed by atoms with E-state index in [1.807, 2.05) is 12.1 Å². The van der Waals surface area contributed by atoms with E-state index in [0.29, 0.717) is 0 Å². The maximum absolute atomic E-state index is 14.9. The molecule has 0 atom stereocenters. The fourth-order valence-corrected chi connectivity index (χ4v) is 7.19. The highest BCUT2D eigenvalue weighted by Crippen LogP contribution is 2.32. The van der Waals surface area contributed by atoms with Crippen LogP contribution in [0, 0.1) is 11.6 Å². The Labute approximate surface area is 255 Å². The molecule has 0 unspecified atom stereocenters. The zero-order valence-electron chi connectivity index (χ0n) is 23.5. The van der Waals surface area contributed by atoms with Gasteiger partial charge >= 0.3 is 0 Å². The largest absolute Gasteiger partial charge is 0.495 e. The molecular weight excluding hydrogens is 607 g/mol. The molecule has 0 aromatic heterocycles. The van der Waals surface area contributed by atoms with Crippen LogP contribution in [0.25, 0.3) is 0 Å². The van der Waals surface area contributed by atoms with Crippen LogP contribution >= 0.6 is 0 Å². The monoisotopic (exact) mass is 634 g/mol. The number of halogens is 2. The predicted octanol–water partition coefficient (Wildman–Crippen LogP) is 6.76. The Morgan fingerprint density at radius 2 is 1.07 bits per heavy atom. The molecule has 7 nitrogen and oxygen atoms in total. The van der Waals surface area contributed by atoms with Crippen LogP contribution in [0.1, 0.15) is 22.3 Å². The predicted molar refractivity (Wildman–Crippen MR) is 166 cm³/mol. The van der Waals surface area contributed by atoms with Gasteiger partial charge in [-0.15, -0.1) is 0 Å². The number of anilines is 2. The molecule has 0 spiro atoms. The minimum atomic E-state index is -4.49. The first-order valence-corrected chi connectivity index (χ1v) is 16.4. The highest BCUT2D eigenvalue weighted by atomic mass is 32.2. The average Bonchev–Trinajstić information content (AvgIpc) is 3.01. The molecule has 5 aromatic carbocycles. The van der Waals surface area contributed by atoms with Crippen molar-refractivity contribution in [3.05, 3.63) is 149 Å². The normalized spacial score (nSPS) is 11.6. The van der Waals surface area contributed by atoms with Crippen molar-refractivity contribution in [3.8, 4) is 5.75 Å². The lowest BCUT2D eigenvalue weighted by Crippen LogP contribution is -2.18. The van der Waals surface area contributed by atoms with Gasteiger partial charge in [0.25, 0.3) is 20.0 Å². The molecule has 44 heavy (non-hydrogen) atoms. The molecule has 5 rings (SSSR count). The summed E-state index contributed by atoms with van der Waals surface area (Å²) in [7, 11) is -7.66. The van der Waals surface area contributed by atoms with Gasteiger partial charge in [-0.1, -0.05) is 72.8 Å². The van der Waals surface area contributed by atoms with Gasteiger partial charge in [0.15, 0.2) is 0 Å². The Morgan fingerprint density at radius 1 is 0.591 bits per heavy atom. The van der Waals surface area contributed by atoms with E-state index in [-0.39, 0.29) is 41.1 Å². The van der Waals surface area contributed by atoms with Gasteiger partial charge in [0.05, 0.1) is 23.4 Å². The second-order valence-electron chi connectivity index (χ2n) is 9.88. The van der Waals surface area contributed by atoms with Crippen molar-refractivity contribution in [3.63, 3.8) is 0 Å². The average molecular weight is 635 g/mol. The van der Waals surface area contributed by atoms with E-state index >= 15 is 0 Å². The van der Waals surface area contributed by atoms with Crippen LogP contribution in [0.15, 0.2) is 125 Å². The summed E-state index contributed by atoms with van der Waals surface area (Å²) in [6, 6.07) is 29.4. The highest BCUT2D eigenvalue weighted by molar-refractivity contribution is 7.93. The molecule has 5 aromatic rings. The number of rotatable bonds is 11. The summed E-state index contributed by atoms with van der Waals surface area (Å²) in [5.74, 6) is -1.34. The summed E-state index contributed by atoms with van der Waals surface area (Å²) in [5, 5.41) is 0. The van der Waals surface area contributed by atoms with E-state index in [4.69, 9.17) is 4.74 Å². The highest BCUT2D eigenvalue weighted by Gasteiger charge is 2.26. The first-order chi connectivity index (χ1) is 21.1. The van der Waals surface area contributed by atoms with E-state index in [9.17, 15) is 25.6 Å². The van der Waals surface area contributed by atoms with Gasteiger partial charge in [0, 0.05) is 24.0 Å². The van der Waals surface area contributed by atoms with Gasteiger partial charge in [-0.05, 0) is 53.6 Å².